The van der Waals surface area contributed by atoms with Crippen LogP contribution in [0.25, 0.3) is 33.8 Å². The number of benzene rings is 1. The number of pyridine rings is 2. The molecule has 7 heteroatoms. The van der Waals surface area contributed by atoms with Crippen molar-refractivity contribution in [2.75, 3.05) is 0 Å². The van der Waals surface area contributed by atoms with E-state index in [4.69, 9.17) is 39.8 Å². The molecule has 0 aliphatic heterocycles. The second kappa shape index (κ2) is 7.84. The van der Waals surface area contributed by atoms with E-state index in [2.05, 4.69) is 15.0 Å². The van der Waals surface area contributed by atoms with E-state index >= 15 is 0 Å². The van der Waals surface area contributed by atoms with Gasteiger partial charge < -0.3 is 0 Å². The molecule has 3 heterocycles. The first kappa shape index (κ1) is 18.8. The number of rotatable bonds is 3. The Kier molecular flexibility index (Phi) is 5.27. The fourth-order valence-electron chi connectivity index (χ4n) is 2.92. The monoisotopic (exact) mass is 426 g/mol. The summed E-state index contributed by atoms with van der Waals surface area (Å²) >= 11 is 18.8. The number of hydrogen-bond donors (Lipinski definition) is 0. The first-order chi connectivity index (χ1) is 13.5. The topological polar surface area (TPSA) is 51.6 Å². The van der Waals surface area contributed by atoms with Crippen molar-refractivity contribution in [1.82, 2.24) is 19.9 Å². The van der Waals surface area contributed by atoms with Gasteiger partial charge in [-0.3, -0.25) is 0 Å². The fraction of sp³-hybridized carbons (Fsp3) is 0.0476. The van der Waals surface area contributed by atoms with Crippen LogP contribution in [0.2, 0.25) is 15.5 Å². The Balaban J connectivity index is 2.00. The summed E-state index contributed by atoms with van der Waals surface area (Å²) in [5.41, 5.74) is 4.94. The summed E-state index contributed by atoms with van der Waals surface area (Å²) in [4.78, 5) is 17.4. The zero-order valence-corrected chi connectivity index (χ0v) is 17.0. The van der Waals surface area contributed by atoms with E-state index in [9.17, 15) is 0 Å². The van der Waals surface area contributed by atoms with Crippen molar-refractivity contribution in [2.24, 2.45) is 0 Å². The minimum Gasteiger partial charge on any atom is -0.245 e. The predicted molar refractivity (Wildman–Crippen MR) is 114 cm³/mol. The van der Waals surface area contributed by atoms with Gasteiger partial charge in [0.1, 0.15) is 15.5 Å². The average molecular weight is 428 g/mol. The first-order valence-electron chi connectivity index (χ1n) is 8.40. The molecule has 0 fully saturated rings. The van der Waals surface area contributed by atoms with Crippen LogP contribution in [-0.4, -0.2) is 19.9 Å². The van der Waals surface area contributed by atoms with Crippen LogP contribution in [0.5, 0.6) is 0 Å². The largest absolute Gasteiger partial charge is 0.245 e. The highest BCUT2D eigenvalue weighted by Crippen LogP contribution is 2.37. The van der Waals surface area contributed by atoms with Gasteiger partial charge in [0, 0.05) is 29.1 Å². The molecule has 138 valence electrons. The van der Waals surface area contributed by atoms with Gasteiger partial charge in [-0.1, -0.05) is 64.6 Å². The number of nitrogens with zero attached hydrogens (tertiary/aromatic N) is 4. The molecule has 0 spiro atoms. The molecule has 0 N–H and O–H groups in total. The van der Waals surface area contributed by atoms with E-state index in [0.29, 0.717) is 27.0 Å². The highest BCUT2D eigenvalue weighted by Gasteiger charge is 2.18. The Labute approximate surface area is 177 Å². The molecule has 0 aliphatic carbocycles. The second-order valence-corrected chi connectivity index (χ2v) is 7.30. The minimum absolute atomic E-state index is 0.339. The van der Waals surface area contributed by atoms with Crippen molar-refractivity contribution in [3.8, 4) is 33.8 Å². The summed E-state index contributed by atoms with van der Waals surface area (Å²) in [5, 5.41) is 1.07. The van der Waals surface area contributed by atoms with Gasteiger partial charge in [-0.05, 0) is 36.8 Å². The lowest BCUT2D eigenvalue weighted by Gasteiger charge is -2.14. The zero-order valence-electron chi connectivity index (χ0n) is 14.7. The van der Waals surface area contributed by atoms with Crippen molar-refractivity contribution >= 4 is 34.8 Å². The molecule has 0 radical (unpaired) electrons. The maximum Gasteiger partial charge on any atom is 0.161 e. The van der Waals surface area contributed by atoms with Gasteiger partial charge in [0.2, 0.25) is 0 Å². The van der Waals surface area contributed by atoms with Gasteiger partial charge in [0.25, 0.3) is 0 Å². The maximum atomic E-state index is 6.65. The third-order valence-corrected chi connectivity index (χ3v) is 4.84. The number of hydrogen-bond acceptors (Lipinski definition) is 4. The Morgan fingerprint density at radius 3 is 2.07 bits per heavy atom. The van der Waals surface area contributed by atoms with Crippen LogP contribution in [0.3, 0.4) is 0 Å². The Bertz CT molecular complexity index is 1180. The minimum atomic E-state index is 0.339. The lowest BCUT2D eigenvalue weighted by molar-refractivity contribution is 1.17. The third kappa shape index (κ3) is 3.85. The molecule has 4 rings (SSSR count). The molecular formula is C21H13Cl3N4. The Morgan fingerprint density at radius 2 is 1.39 bits per heavy atom. The van der Waals surface area contributed by atoms with Crippen molar-refractivity contribution in [1.29, 1.82) is 0 Å². The Hall–Kier alpha value is -2.53. The van der Waals surface area contributed by atoms with Gasteiger partial charge >= 0.3 is 0 Å². The molecule has 0 atom stereocenters. The molecule has 0 unspecified atom stereocenters. The van der Waals surface area contributed by atoms with Crippen molar-refractivity contribution in [2.45, 2.75) is 6.92 Å². The lowest BCUT2D eigenvalue weighted by Crippen LogP contribution is -1.99. The summed E-state index contributed by atoms with van der Waals surface area (Å²) in [5.74, 6) is 0.452. The van der Waals surface area contributed by atoms with E-state index in [1.165, 1.54) is 0 Å². The molecule has 0 saturated heterocycles. The maximum absolute atomic E-state index is 6.65. The lowest BCUT2D eigenvalue weighted by atomic mass is 9.99. The van der Waals surface area contributed by atoms with Crippen LogP contribution in [0, 0.1) is 6.92 Å². The van der Waals surface area contributed by atoms with Gasteiger partial charge in [-0.25, -0.2) is 19.9 Å². The van der Waals surface area contributed by atoms with Crippen LogP contribution in [-0.2, 0) is 0 Å². The average Bonchev–Trinajstić information content (AvgIpc) is 2.67. The van der Waals surface area contributed by atoms with E-state index in [1.807, 2.05) is 37.3 Å². The van der Waals surface area contributed by atoms with Crippen LogP contribution in [0.15, 0.2) is 60.9 Å². The van der Waals surface area contributed by atoms with Crippen LogP contribution < -0.4 is 0 Å². The molecule has 0 saturated carbocycles. The predicted octanol–water partition coefficient (Wildman–Crippen LogP) is 6.54. The zero-order chi connectivity index (χ0) is 19.7. The van der Waals surface area contributed by atoms with Crippen LogP contribution in [0.1, 0.15) is 5.56 Å². The molecule has 4 aromatic rings. The molecule has 3 aromatic heterocycles. The standard InChI is InChI=1S/C21H13Cl3N4/c1-12-3-2-4-13(9-12)18-19(14-5-7-25-16(22)10-14)27-21(28-20(18)24)15-6-8-26-17(23)11-15/h2-11H,1H3. The molecule has 0 amide bonds. The van der Waals surface area contributed by atoms with Crippen molar-refractivity contribution < 1.29 is 0 Å². The highest BCUT2D eigenvalue weighted by atomic mass is 35.5. The van der Waals surface area contributed by atoms with E-state index in [-0.39, 0.29) is 0 Å². The number of aryl methyl sites for hydroxylation is 1. The first-order valence-corrected chi connectivity index (χ1v) is 9.53. The van der Waals surface area contributed by atoms with Gasteiger partial charge in [0.05, 0.1) is 5.69 Å². The number of halogens is 3. The quantitative estimate of drug-likeness (QED) is 0.275. The second-order valence-electron chi connectivity index (χ2n) is 6.17. The molecule has 0 bridgehead atoms. The van der Waals surface area contributed by atoms with Gasteiger partial charge in [0.15, 0.2) is 5.82 Å². The summed E-state index contributed by atoms with van der Waals surface area (Å²) in [6, 6.07) is 15.1. The van der Waals surface area contributed by atoms with E-state index in [1.54, 1.807) is 30.6 Å². The van der Waals surface area contributed by atoms with Crippen LogP contribution in [0.4, 0.5) is 0 Å². The SMILES string of the molecule is Cc1cccc(-c2c(Cl)nc(-c3ccnc(Cl)c3)nc2-c2ccnc(Cl)c2)c1. The third-order valence-electron chi connectivity index (χ3n) is 4.16. The smallest absolute Gasteiger partial charge is 0.161 e. The fourth-order valence-corrected chi connectivity index (χ4v) is 3.55. The normalized spacial score (nSPS) is 10.9. The molecule has 1 aromatic carbocycles. The number of aromatic nitrogens is 4. The van der Waals surface area contributed by atoms with Gasteiger partial charge in [-0.2, -0.15) is 0 Å². The molecule has 4 nitrogen and oxygen atoms in total. The molecule has 28 heavy (non-hydrogen) atoms. The Morgan fingerprint density at radius 1 is 0.714 bits per heavy atom. The summed E-state index contributed by atoms with van der Waals surface area (Å²) in [6.45, 7) is 2.02. The van der Waals surface area contributed by atoms with E-state index < -0.39 is 0 Å². The van der Waals surface area contributed by atoms with Crippen LogP contribution >= 0.6 is 34.8 Å². The summed E-state index contributed by atoms with van der Waals surface area (Å²) in [6.07, 6.45) is 3.24. The summed E-state index contributed by atoms with van der Waals surface area (Å²) in [7, 11) is 0. The molecular weight excluding hydrogens is 415 g/mol. The van der Waals surface area contributed by atoms with Crippen molar-refractivity contribution in [3.05, 3.63) is 81.9 Å². The molecule has 0 aliphatic rings. The van der Waals surface area contributed by atoms with Crippen molar-refractivity contribution in [3.63, 3.8) is 0 Å². The summed E-state index contributed by atoms with van der Waals surface area (Å²) < 4.78 is 0. The highest BCUT2D eigenvalue weighted by molar-refractivity contribution is 6.33. The van der Waals surface area contributed by atoms with E-state index in [0.717, 1.165) is 27.8 Å². The van der Waals surface area contributed by atoms with Gasteiger partial charge in [-0.15, -0.1) is 0 Å².